The van der Waals surface area contributed by atoms with Gasteiger partial charge in [-0.05, 0) is 24.8 Å². The van der Waals surface area contributed by atoms with E-state index >= 15 is 0 Å². The molecule has 0 aliphatic heterocycles. The lowest BCUT2D eigenvalue weighted by Gasteiger charge is -2.17. The van der Waals surface area contributed by atoms with Crippen molar-refractivity contribution in [2.75, 3.05) is 0 Å². The predicted octanol–water partition coefficient (Wildman–Crippen LogP) is 3.28. The Labute approximate surface area is 80.3 Å². The zero-order valence-electron chi connectivity index (χ0n) is 8.08. The van der Waals surface area contributed by atoms with Crippen LogP contribution in [-0.4, -0.2) is 12.3 Å². The van der Waals surface area contributed by atoms with Gasteiger partial charge in [0.1, 0.15) is 0 Å². The van der Waals surface area contributed by atoms with Crippen LogP contribution in [0.5, 0.6) is 0 Å². The van der Waals surface area contributed by atoms with Gasteiger partial charge in [-0.3, -0.25) is 4.99 Å². The molecule has 0 amide bonds. The largest absolute Gasteiger partial charge is 0.290 e. The minimum Gasteiger partial charge on any atom is -0.290 e. The first-order valence-electron chi connectivity index (χ1n) is 5.34. The summed E-state index contributed by atoms with van der Waals surface area (Å²) in [7, 11) is 0. The average molecular weight is 175 g/mol. The molecule has 0 N–H and O–H groups in total. The van der Waals surface area contributed by atoms with E-state index in [0.717, 1.165) is 6.42 Å². The van der Waals surface area contributed by atoms with Crippen LogP contribution in [0.4, 0.5) is 0 Å². The Morgan fingerprint density at radius 3 is 2.77 bits per heavy atom. The predicted molar refractivity (Wildman–Crippen MR) is 57.2 cm³/mol. The smallest absolute Gasteiger partial charge is 0.0499 e. The summed E-state index contributed by atoms with van der Waals surface area (Å²) in [4.78, 5) is 4.63. The molecule has 13 heavy (non-hydrogen) atoms. The highest BCUT2D eigenvalue weighted by Crippen LogP contribution is 2.20. The lowest BCUT2D eigenvalue weighted by atomic mass is 9.96. The first-order chi connectivity index (χ1) is 6.45. The molecule has 0 aromatic carbocycles. The van der Waals surface area contributed by atoms with Crippen LogP contribution < -0.4 is 0 Å². The Morgan fingerprint density at radius 1 is 1.23 bits per heavy atom. The van der Waals surface area contributed by atoms with Crippen LogP contribution in [0.2, 0.25) is 0 Å². The summed E-state index contributed by atoms with van der Waals surface area (Å²) in [6.07, 6.45) is 16.4. The Bertz CT molecular complexity index is 242. The van der Waals surface area contributed by atoms with Gasteiger partial charge in [-0.15, -0.1) is 0 Å². The quantitative estimate of drug-likeness (QED) is 0.571. The third kappa shape index (κ3) is 2.55. The van der Waals surface area contributed by atoms with Gasteiger partial charge in [0, 0.05) is 12.3 Å². The van der Waals surface area contributed by atoms with Crippen molar-refractivity contribution in [1.82, 2.24) is 0 Å². The van der Waals surface area contributed by atoms with Crippen molar-refractivity contribution in [3.05, 3.63) is 23.8 Å². The number of nitrogens with zero attached hydrogens (tertiary/aromatic N) is 1. The van der Waals surface area contributed by atoms with Gasteiger partial charge in [0.25, 0.3) is 0 Å². The molecule has 0 spiro atoms. The summed E-state index contributed by atoms with van der Waals surface area (Å²) in [5.41, 5.74) is 1.37. The van der Waals surface area contributed by atoms with Crippen molar-refractivity contribution in [2.45, 2.75) is 44.6 Å². The van der Waals surface area contributed by atoms with Crippen LogP contribution in [0, 0.1) is 0 Å². The molecule has 0 saturated heterocycles. The topological polar surface area (TPSA) is 12.4 Å². The number of hydrogen-bond donors (Lipinski definition) is 0. The molecule has 1 nitrogen and oxygen atoms in total. The van der Waals surface area contributed by atoms with Crippen LogP contribution in [0.25, 0.3) is 0 Å². The summed E-state index contributed by atoms with van der Waals surface area (Å²) >= 11 is 0. The summed E-state index contributed by atoms with van der Waals surface area (Å²) in [5.74, 6) is 0. The van der Waals surface area contributed by atoms with Crippen LogP contribution >= 0.6 is 0 Å². The van der Waals surface area contributed by atoms with Crippen LogP contribution in [0.15, 0.2) is 28.8 Å². The maximum Gasteiger partial charge on any atom is 0.0499 e. The van der Waals surface area contributed by atoms with E-state index in [4.69, 9.17) is 0 Å². The fourth-order valence-electron chi connectivity index (χ4n) is 1.99. The van der Waals surface area contributed by atoms with Crippen molar-refractivity contribution in [3.8, 4) is 0 Å². The summed E-state index contributed by atoms with van der Waals surface area (Å²) in [6, 6.07) is 0.621. The molecular weight excluding hydrogens is 158 g/mol. The third-order valence-corrected chi connectivity index (χ3v) is 2.83. The summed E-state index contributed by atoms with van der Waals surface area (Å²) in [6.45, 7) is 0. The summed E-state index contributed by atoms with van der Waals surface area (Å²) in [5, 5.41) is 0. The summed E-state index contributed by atoms with van der Waals surface area (Å²) < 4.78 is 0. The molecule has 1 fully saturated rings. The second-order valence-electron chi connectivity index (χ2n) is 3.94. The zero-order valence-corrected chi connectivity index (χ0v) is 8.08. The highest BCUT2D eigenvalue weighted by atomic mass is 14.8. The van der Waals surface area contributed by atoms with Crippen molar-refractivity contribution in [1.29, 1.82) is 0 Å². The molecule has 2 aliphatic carbocycles. The van der Waals surface area contributed by atoms with Gasteiger partial charge in [-0.25, -0.2) is 0 Å². The molecule has 0 heterocycles. The molecule has 2 aliphatic rings. The zero-order chi connectivity index (χ0) is 8.93. The highest BCUT2D eigenvalue weighted by Gasteiger charge is 2.10. The van der Waals surface area contributed by atoms with Crippen molar-refractivity contribution in [2.24, 2.45) is 4.99 Å². The van der Waals surface area contributed by atoms with E-state index in [0.29, 0.717) is 6.04 Å². The van der Waals surface area contributed by atoms with Gasteiger partial charge >= 0.3 is 0 Å². The van der Waals surface area contributed by atoms with E-state index in [1.807, 2.05) is 0 Å². The second kappa shape index (κ2) is 4.40. The van der Waals surface area contributed by atoms with Crippen molar-refractivity contribution < 1.29 is 0 Å². The Balaban J connectivity index is 1.82. The van der Waals surface area contributed by atoms with Crippen LogP contribution in [0.1, 0.15) is 38.5 Å². The number of aliphatic imine (C=N–C) groups is 1. The molecule has 0 unspecified atom stereocenters. The van der Waals surface area contributed by atoms with E-state index in [-0.39, 0.29) is 0 Å². The van der Waals surface area contributed by atoms with Crippen molar-refractivity contribution in [3.63, 3.8) is 0 Å². The minimum absolute atomic E-state index is 0.621. The molecule has 2 rings (SSSR count). The molecule has 0 aromatic heterocycles. The Morgan fingerprint density at radius 2 is 2.08 bits per heavy atom. The Kier molecular flexibility index (Phi) is 2.96. The van der Waals surface area contributed by atoms with Gasteiger partial charge in [-0.1, -0.05) is 37.5 Å². The van der Waals surface area contributed by atoms with Crippen LogP contribution in [-0.2, 0) is 0 Å². The van der Waals surface area contributed by atoms with E-state index in [1.54, 1.807) is 0 Å². The van der Waals surface area contributed by atoms with E-state index in [1.165, 1.54) is 37.7 Å². The van der Waals surface area contributed by atoms with Gasteiger partial charge in [0.15, 0.2) is 0 Å². The number of allylic oxidation sites excluding steroid dienone is 4. The molecule has 0 aromatic rings. The van der Waals surface area contributed by atoms with Crippen LogP contribution in [0.3, 0.4) is 0 Å². The van der Waals surface area contributed by atoms with Gasteiger partial charge in [0.2, 0.25) is 0 Å². The van der Waals surface area contributed by atoms with Gasteiger partial charge in [-0.2, -0.15) is 0 Å². The molecule has 0 radical (unpaired) electrons. The van der Waals surface area contributed by atoms with E-state index < -0.39 is 0 Å². The maximum absolute atomic E-state index is 4.63. The first kappa shape index (κ1) is 8.74. The highest BCUT2D eigenvalue weighted by molar-refractivity contribution is 5.80. The molecule has 1 saturated carbocycles. The average Bonchev–Trinajstić information content (AvgIpc) is 2.69. The van der Waals surface area contributed by atoms with Gasteiger partial charge in [0.05, 0.1) is 0 Å². The molecule has 0 bridgehead atoms. The number of rotatable bonds is 2. The SMILES string of the molecule is C1=CCC(C=NC2CCCCC2)=C1. The van der Waals surface area contributed by atoms with E-state index in [9.17, 15) is 0 Å². The van der Waals surface area contributed by atoms with Gasteiger partial charge < -0.3 is 0 Å². The molecule has 70 valence electrons. The van der Waals surface area contributed by atoms with Crippen molar-refractivity contribution >= 4 is 6.21 Å². The normalized spacial score (nSPS) is 24.2. The standard InChI is InChI=1S/C12H17N/c1-2-8-12(9-3-1)13-10-11-6-4-5-7-11/h4-6,10,12H,1-3,7-9H2. The lowest BCUT2D eigenvalue weighted by Crippen LogP contribution is -2.09. The monoisotopic (exact) mass is 175 g/mol. The molecule has 1 heteroatoms. The molecule has 0 atom stereocenters. The maximum atomic E-state index is 4.63. The fourth-order valence-corrected chi connectivity index (χ4v) is 1.99. The second-order valence-corrected chi connectivity index (χ2v) is 3.94. The fraction of sp³-hybridized carbons (Fsp3) is 0.583. The lowest BCUT2D eigenvalue weighted by molar-refractivity contribution is 0.444. The third-order valence-electron chi connectivity index (χ3n) is 2.83. The Hall–Kier alpha value is -0.850. The van der Waals surface area contributed by atoms with E-state index in [2.05, 4.69) is 29.4 Å². The minimum atomic E-state index is 0.621. The number of hydrogen-bond acceptors (Lipinski definition) is 1. The molecular formula is C12H17N. The first-order valence-corrected chi connectivity index (χ1v) is 5.34.